The first-order valence-corrected chi connectivity index (χ1v) is 15.9. The molecule has 0 fully saturated rings. The largest absolute Gasteiger partial charge is 0.482 e. The second kappa shape index (κ2) is 11.8. The summed E-state index contributed by atoms with van der Waals surface area (Å²) < 4.78 is 6.50. The molecule has 0 spiro atoms. The van der Waals surface area contributed by atoms with Crippen LogP contribution < -0.4 is 4.74 Å². The summed E-state index contributed by atoms with van der Waals surface area (Å²) in [5, 5.41) is 9.24. The van der Waals surface area contributed by atoms with Gasteiger partial charge in [-0.3, -0.25) is 0 Å². The van der Waals surface area contributed by atoms with E-state index in [1.54, 1.807) is 12.1 Å². The Morgan fingerprint density at radius 3 is 1.52 bits per heavy atom. The predicted molar refractivity (Wildman–Crippen MR) is 191 cm³/mol. The van der Waals surface area contributed by atoms with E-state index in [-0.39, 0.29) is 0 Å². The number of aromatic nitrogens is 3. The molecule has 1 aliphatic rings. The first-order valence-electron chi connectivity index (χ1n) is 15.9. The van der Waals surface area contributed by atoms with Crippen molar-refractivity contribution in [2.75, 3.05) is 0 Å². The van der Waals surface area contributed by atoms with Crippen molar-refractivity contribution >= 4 is 0 Å². The zero-order valence-electron chi connectivity index (χ0n) is 26.6. The van der Waals surface area contributed by atoms with Gasteiger partial charge in [-0.05, 0) is 72.0 Å². The number of nitrogens with zero attached hydrogens (tertiary/aromatic N) is 4. The number of rotatable bonds is 5. The van der Waals surface area contributed by atoms with E-state index in [0.29, 0.717) is 23.0 Å². The third-order valence-corrected chi connectivity index (χ3v) is 8.85. The third-order valence-electron chi connectivity index (χ3n) is 8.85. The lowest BCUT2D eigenvalue weighted by Crippen LogP contribution is -2.29. The molecule has 7 aromatic rings. The topological polar surface area (TPSA) is 71.7 Å². The average Bonchev–Trinajstić information content (AvgIpc) is 3.15. The van der Waals surface area contributed by atoms with Crippen LogP contribution in [-0.2, 0) is 5.60 Å². The van der Waals surface area contributed by atoms with Crippen molar-refractivity contribution in [3.63, 3.8) is 0 Å². The number of hydrogen-bond acceptors (Lipinski definition) is 5. The van der Waals surface area contributed by atoms with Crippen molar-refractivity contribution in [2.45, 2.75) is 19.4 Å². The summed E-state index contributed by atoms with van der Waals surface area (Å²) in [5.41, 5.74) is 10.9. The summed E-state index contributed by atoms with van der Waals surface area (Å²) in [6, 6.07) is 51.3. The fourth-order valence-corrected chi connectivity index (χ4v) is 6.29. The molecule has 228 valence electrons. The van der Waals surface area contributed by atoms with E-state index < -0.39 is 5.60 Å². The van der Waals surface area contributed by atoms with Crippen molar-refractivity contribution in [2.24, 2.45) is 0 Å². The summed E-state index contributed by atoms with van der Waals surface area (Å²) >= 11 is 0. The maximum absolute atomic E-state index is 9.24. The molecule has 0 radical (unpaired) electrons. The molecule has 5 heteroatoms. The Hall–Kier alpha value is -6.38. The number of hydrogen-bond donors (Lipinski definition) is 0. The van der Waals surface area contributed by atoms with Crippen molar-refractivity contribution in [3.8, 4) is 79.4 Å². The maximum Gasteiger partial charge on any atom is 0.164 e. The van der Waals surface area contributed by atoms with Crippen LogP contribution in [0.15, 0.2) is 146 Å². The van der Waals surface area contributed by atoms with Gasteiger partial charge in [0.1, 0.15) is 11.4 Å². The zero-order valence-corrected chi connectivity index (χ0v) is 26.6. The monoisotopic (exact) mass is 618 g/mol. The lowest BCUT2D eigenvalue weighted by Gasteiger charge is -2.35. The molecule has 1 aliphatic heterocycles. The molecule has 6 aromatic carbocycles. The second-order valence-electron chi connectivity index (χ2n) is 12.4. The quantitative estimate of drug-likeness (QED) is 0.192. The van der Waals surface area contributed by atoms with Crippen molar-refractivity contribution in [1.82, 2.24) is 15.0 Å². The minimum absolute atomic E-state index is 0.395. The normalized spacial score (nSPS) is 12.7. The van der Waals surface area contributed by atoms with Gasteiger partial charge in [-0.2, -0.15) is 5.26 Å². The van der Waals surface area contributed by atoms with E-state index in [2.05, 4.69) is 111 Å². The minimum Gasteiger partial charge on any atom is -0.482 e. The summed E-state index contributed by atoms with van der Waals surface area (Å²) in [4.78, 5) is 14.5. The first kappa shape index (κ1) is 29.1. The Kier molecular flexibility index (Phi) is 7.12. The van der Waals surface area contributed by atoms with E-state index in [4.69, 9.17) is 19.7 Å². The molecule has 2 heterocycles. The second-order valence-corrected chi connectivity index (χ2v) is 12.4. The van der Waals surface area contributed by atoms with Crippen molar-refractivity contribution in [1.29, 1.82) is 5.26 Å². The molecule has 0 aliphatic carbocycles. The number of nitriles is 1. The van der Waals surface area contributed by atoms with Gasteiger partial charge in [-0.15, -0.1) is 0 Å². The van der Waals surface area contributed by atoms with Gasteiger partial charge in [0.25, 0.3) is 0 Å². The van der Waals surface area contributed by atoms with Crippen LogP contribution in [0, 0.1) is 11.3 Å². The summed E-state index contributed by atoms with van der Waals surface area (Å²) in [5.74, 6) is 2.65. The Labute approximate surface area is 279 Å². The minimum atomic E-state index is -0.395. The van der Waals surface area contributed by atoms with Gasteiger partial charge < -0.3 is 4.74 Å². The van der Waals surface area contributed by atoms with Gasteiger partial charge >= 0.3 is 0 Å². The van der Waals surface area contributed by atoms with E-state index in [0.717, 1.165) is 50.3 Å². The molecule has 0 unspecified atom stereocenters. The molecule has 0 amide bonds. The molecular formula is C43H30N4O. The zero-order chi connectivity index (χ0) is 32.7. The fraction of sp³-hybridized carbons (Fsp3) is 0.0698. The molecular weight excluding hydrogens is 589 g/mol. The fourth-order valence-electron chi connectivity index (χ4n) is 6.29. The molecule has 8 rings (SSSR count). The Balaban J connectivity index is 1.08. The third kappa shape index (κ3) is 5.40. The van der Waals surface area contributed by atoms with E-state index in [1.165, 1.54) is 11.1 Å². The van der Waals surface area contributed by atoms with Gasteiger partial charge in [0.2, 0.25) is 0 Å². The lowest BCUT2D eigenvalue weighted by molar-refractivity contribution is 0.106. The van der Waals surface area contributed by atoms with Crippen LogP contribution in [0.3, 0.4) is 0 Å². The Bertz CT molecular complexity index is 2320. The van der Waals surface area contributed by atoms with Crippen LogP contribution in [0.2, 0.25) is 0 Å². The van der Waals surface area contributed by atoms with Crippen LogP contribution in [0.25, 0.3) is 67.5 Å². The molecule has 0 saturated heterocycles. The molecule has 5 nitrogen and oxygen atoms in total. The SMILES string of the molecule is CC1(C)Oc2cc(-c3ccc(-c4ccc(-c5nc(-c6ccccc6)nc(-c6ccc(C#N)cc6)n5)cc4)cc3)ccc2-c2ccccc21. The van der Waals surface area contributed by atoms with Gasteiger partial charge in [-0.1, -0.05) is 115 Å². The van der Waals surface area contributed by atoms with Crippen LogP contribution in [0.5, 0.6) is 5.75 Å². The molecule has 0 atom stereocenters. The van der Waals surface area contributed by atoms with Crippen LogP contribution in [0.1, 0.15) is 25.0 Å². The smallest absolute Gasteiger partial charge is 0.164 e. The standard InChI is InChI=1S/C43H30N4O/c1-43(2)38-11-7-6-10-36(38)37-25-24-35(26-39(37)48-43)31-18-16-29(17-19-31)30-20-22-34(23-21-30)42-46-40(32-8-4-3-5-9-32)45-41(47-42)33-14-12-28(27-44)13-15-33/h3-26H,1-2H3. The van der Waals surface area contributed by atoms with E-state index in [1.807, 2.05) is 42.5 Å². The highest BCUT2D eigenvalue weighted by atomic mass is 16.5. The van der Waals surface area contributed by atoms with E-state index in [9.17, 15) is 5.26 Å². The Morgan fingerprint density at radius 1 is 0.479 bits per heavy atom. The van der Waals surface area contributed by atoms with Crippen molar-refractivity contribution in [3.05, 3.63) is 157 Å². The molecule has 1 aromatic heterocycles. The van der Waals surface area contributed by atoms with Gasteiger partial charge in [0.15, 0.2) is 17.5 Å². The molecule has 0 bridgehead atoms. The van der Waals surface area contributed by atoms with E-state index >= 15 is 0 Å². The summed E-state index contributed by atoms with van der Waals surface area (Å²) in [6.45, 7) is 4.25. The van der Waals surface area contributed by atoms with Crippen LogP contribution in [0.4, 0.5) is 0 Å². The molecule has 0 N–H and O–H groups in total. The molecule has 48 heavy (non-hydrogen) atoms. The number of fused-ring (bicyclic) bond motifs is 3. The maximum atomic E-state index is 9.24. The highest BCUT2D eigenvalue weighted by Crippen LogP contribution is 2.46. The van der Waals surface area contributed by atoms with Gasteiger partial charge in [-0.25, -0.2) is 15.0 Å². The summed E-state index contributed by atoms with van der Waals surface area (Å²) in [7, 11) is 0. The highest BCUT2D eigenvalue weighted by Gasteiger charge is 2.32. The first-order chi connectivity index (χ1) is 23.4. The van der Waals surface area contributed by atoms with Gasteiger partial charge in [0.05, 0.1) is 11.6 Å². The lowest BCUT2D eigenvalue weighted by atomic mass is 9.85. The van der Waals surface area contributed by atoms with Gasteiger partial charge in [0, 0.05) is 27.8 Å². The van der Waals surface area contributed by atoms with Crippen LogP contribution in [-0.4, -0.2) is 15.0 Å². The van der Waals surface area contributed by atoms with Crippen molar-refractivity contribution < 1.29 is 4.74 Å². The predicted octanol–water partition coefficient (Wildman–Crippen LogP) is 10.4. The Morgan fingerprint density at radius 2 is 0.938 bits per heavy atom. The van der Waals surface area contributed by atoms with Crippen LogP contribution >= 0.6 is 0 Å². The highest BCUT2D eigenvalue weighted by molar-refractivity contribution is 5.81. The molecule has 0 saturated carbocycles. The summed E-state index contributed by atoms with van der Waals surface area (Å²) in [6.07, 6.45) is 0. The number of ether oxygens (including phenoxy) is 1. The average molecular weight is 619 g/mol. The number of benzene rings is 6.